The molecule has 1 aliphatic heterocycles. The van der Waals surface area contributed by atoms with E-state index in [1.807, 2.05) is 0 Å². The minimum Gasteiger partial charge on any atom is -0.381 e. The Bertz CT molecular complexity index is 1170. The molecule has 1 saturated heterocycles. The summed E-state index contributed by atoms with van der Waals surface area (Å²) < 4.78 is 71.0. The highest BCUT2D eigenvalue weighted by Gasteiger charge is 2.48. The Morgan fingerprint density at radius 3 is 2.53 bits per heavy atom. The maximum Gasteiger partial charge on any atom is 0.254 e. The molecule has 0 spiro atoms. The SMILES string of the molecule is CCS(=O)(=O)N[C@H]1[C@@H](F)CN(C(=O)C(C)(C)O)[C@H]1Cc1cccc(-c2cc(F)cc(Cl)c2)c1F. The van der Waals surface area contributed by atoms with Crippen LogP contribution in [0.15, 0.2) is 36.4 Å². The fraction of sp³-hybridized carbons (Fsp3) is 0.435. The Balaban J connectivity index is 2.04. The van der Waals surface area contributed by atoms with Crippen LogP contribution < -0.4 is 4.72 Å². The molecule has 2 aromatic rings. The van der Waals surface area contributed by atoms with E-state index in [1.165, 1.54) is 45.0 Å². The summed E-state index contributed by atoms with van der Waals surface area (Å²) in [7, 11) is -3.86. The van der Waals surface area contributed by atoms with Gasteiger partial charge in [-0.2, -0.15) is 0 Å². The highest BCUT2D eigenvalue weighted by molar-refractivity contribution is 7.89. The van der Waals surface area contributed by atoms with E-state index in [2.05, 4.69) is 4.72 Å². The molecule has 2 N–H and O–H groups in total. The fourth-order valence-electron chi connectivity index (χ4n) is 4.03. The van der Waals surface area contributed by atoms with Crippen molar-refractivity contribution in [3.05, 3.63) is 58.6 Å². The lowest BCUT2D eigenvalue weighted by molar-refractivity contribution is -0.149. The van der Waals surface area contributed by atoms with E-state index in [1.54, 1.807) is 0 Å². The predicted molar refractivity (Wildman–Crippen MR) is 124 cm³/mol. The monoisotopic (exact) mass is 518 g/mol. The van der Waals surface area contributed by atoms with E-state index in [9.17, 15) is 27.1 Å². The Morgan fingerprint density at radius 1 is 1.26 bits per heavy atom. The average Bonchev–Trinajstić information content (AvgIpc) is 3.02. The van der Waals surface area contributed by atoms with Crippen LogP contribution in [-0.4, -0.2) is 60.5 Å². The normalized spacial score (nSPS) is 21.2. The van der Waals surface area contributed by atoms with Crippen LogP contribution in [0.5, 0.6) is 0 Å². The van der Waals surface area contributed by atoms with Crippen LogP contribution >= 0.6 is 11.6 Å². The van der Waals surface area contributed by atoms with Crippen molar-refractivity contribution in [3.8, 4) is 11.1 Å². The van der Waals surface area contributed by atoms with Gasteiger partial charge in [0, 0.05) is 10.6 Å². The second-order valence-corrected chi connectivity index (χ2v) is 11.3. The van der Waals surface area contributed by atoms with Crippen molar-refractivity contribution in [1.82, 2.24) is 9.62 Å². The van der Waals surface area contributed by atoms with Crippen LogP contribution in [-0.2, 0) is 21.2 Å². The number of carbonyl (C=O) groups excluding carboxylic acids is 1. The summed E-state index contributed by atoms with van der Waals surface area (Å²) in [6.07, 6.45) is -2.02. The standard InChI is InChI=1S/C23H26ClF3N2O4S/c1-4-34(32,33)28-21-18(26)12-29(22(30)23(2,3)31)19(21)10-13-6-5-7-17(20(13)27)14-8-15(24)11-16(25)9-14/h5-9,11,18-19,21,28,31H,4,10,12H2,1-3H3/t18-,19-,21-/m0/s1. The van der Waals surface area contributed by atoms with Gasteiger partial charge in [0.2, 0.25) is 10.0 Å². The molecule has 0 aromatic heterocycles. The quantitative estimate of drug-likeness (QED) is 0.588. The summed E-state index contributed by atoms with van der Waals surface area (Å²) in [5.41, 5.74) is -1.56. The van der Waals surface area contributed by atoms with Crippen molar-refractivity contribution in [2.45, 2.75) is 51.0 Å². The molecule has 0 radical (unpaired) electrons. The van der Waals surface area contributed by atoms with E-state index < -0.39 is 58.0 Å². The molecule has 11 heteroatoms. The Hall–Kier alpha value is -2.14. The molecule has 6 nitrogen and oxygen atoms in total. The van der Waals surface area contributed by atoms with Crippen molar-refractivity contribution in [2.75, 3.05) is 12.3 Å². The van der Waals surface area contributed by atoms with Crippen LogP contribution in [0.4, 0.5) is 13.2 Å². The Morgan fingerprint density at radius 2 is 1.94 bits per heavy atom. The van der Waals surface area contributed by atoms with Crippen LogP contribution in [0.1, 0.15) is 26.3 Å². The molecule has 0 aliphatic carbocycles. The zero-order chi connectivity index (χ0) is 25.4. The minimum absolute atomic E-state index is 0.0414. The van der Waals surface area contributed by atoms with Crippen LogP contribution in [0.2, 0.25) is 5.02 Å². The van der Waals surface area contributed by atoms with Gasteiger partial charge in [0.25, 0.3) is 5.91 Å². The first kappa shape index (κ1) is 26.5. The predicted octanol–water partition coefficient (Wildman–Crippen LogP) is 3.46. The third-order valence-electron chi connectivity index (χ3n) is 5.74. The number of nitrogens with one attached hydrogen (secondary N) is 1. The number of carbonyl (C=O) groups is 1. The molecule has 1 aliphatic rings. The molecule has 34 heavy (non-hydrogen) atoms. The van der Waals surface area contributed by atoms with Gasteiger partial charge in [-0.15, -0.1) is 0 Å². The van der Waals surface area contributed by atoms with Gasteiger partial charge in [-0.25, -0.2) is 26.3 Å². The molecule has 3 rings (SSSR count). The topological polar surface area (TPSA) is 86.7 Å². The van der Waals surface area contributed by atoms with Crippen LogP contribution in [0, 0.1) is 11.6 Å². The summed E-state index contributed by atoms with van der Waals surface area (Å²) in [6, 6.07) is 5.49. The van der Waals surface area contributed by atoms with E-state index in [4.69, 9.17) is 11.6 Å². The maximum absolute atomic E-state index is 15.5. The molecule has 1 heterocycles. The Kier molecular flexibility index (Phi) is 7.66. The molecule has 0 bridgehead atoms. The summed E-state index contributed by atoms with van der Waals surface area (Å²) >= 11 is 5.90. The number of sulfonamides is 1. The smallest absolute Gasteiger partial charge is 0.254 e. The highest BCUT2D eigenvalue weighted by atomic mass is 35.5. The van der Waals surface area contributed by atoms with Crippen molar-refractivity contribution in [1.29, 1.82) is 0 Å². The summed E-state index contributed by atoms with van der Waals surface area (Å²) in [5, 5.41) is 10.3. The summed E-state index contributed by atoms with van der Waals surface area (Å²) in [4.78, 5) is 13.9. The first-order valence-corrected chi connectivity index (χ1v) is 12.7. The number of hydrogen-bond donors (Lipinski definition) is 2. The van der Waals surface area contributed by atoms with Crippen molar-refractivity contribution in [3.63, 3.8) is 0 Å². The van der Waals surface area contributed by atoms with Gasteiger partial charge >= 0.3 is 0 Å². The molecule has 3 atom stereocenters. The number of benzene rings is 2. The maximum atomic E-state index is 15.5. The fourth-order valence-corrected chi connectivity index (χ4v) is 5.14. The number of nitrogens with zero attached hydrogens (tertiary/aromatic N) is 1. The molecule has 2 aromatic carbocycles. The number of rotatable bonds is 7. The number of aliphatic hydroxyl groups is 1. The largest absolute Gasteiger partial charge is 0.381 e. The summed E-state index contributed by atoms with van der Waals surface area (Å²) in [6.45, 7) is 3.38. The Labute approximate surface area is 201 Å². The number of halogens is 4. The third-order valence-corrected chi connectivity index (χ3v) is 7.35. The van der Waals surface area contributed by atoms with E-state index in [0.717, 1.165) is 17.0 Å². The molecule has 0 saturated carbocycles. The zero-order valence-corrected chi connectivity index (χ0v) is 20.4. The molecule has 0 unspecified atom stereocenters. The van der Waals surface area contributed by atoms with Gasteiger partial charge in [-0.05, 0) is 56.5 Å². The lowest BCUT2D eigenvalue weighted by Crippen LogP contribution is -2.53. The zero-order valence-electron chi connectivity index (χ0n) is 18.9. The van der Waals surface area contributed by atoms with Crippen LogP contribution in [0.25, 0.3) is 11.1 Å². The van der Waals surface area contributed by atoms with E-state index in [0.29, 0.717) is 0 Å². The van der Waals surface area contributed by atoms with Gasteiger partial charge in [0.05, 0.1) is 24.4 Å². The number of amides is 1. The van der Waals surface area contributed by atoms with Crippen molar-refractivity contribution < 1.29 is 31.5 Å². The molecule has 186 valence electrons. The van der Waals surface area contributed by atoms with Gasteiger partial charge in [-0.3, -0.25) is 4.79 Å². The molecule has 1 fully saturated rings. The second-order valence-electron chi connectivity index (χ2n) is 8.79. The summed E-state index contributed by atoms with van der Waals surface area (Å²) in [5.74, 6) is -2.52. The second kappa shape index (κ2) is 9.85. The van der Waals surface area contributed by atoms with Crippen molar-refractivity contribution in [2.24, 2.45) is 0 Å². The average molecular weight is 519 g/mol. The lowest BCUT2D eigenvalue weighted by atomic mass is 9.95. The van der Waals surface area contributed by atoms with E-state index in [-0.39, 0.29) is 33.9 Å². The minimum atomic E-state index is -3.86. The molecule has 1 amide bonds. The van der Waals surface area contributed by atoms with Gasteiger partial charge in [0.1, 0.15) is 23.4 Å². The molecular weight excluding hydrogens is 493 g/mol. The first-order chi connectivity index (χ1) is 15.7. The molecular formula is C23H26ClF3N2O4S. The van der Waals surface area contributed by atoms with Crippen molar-refractivity contribution >= 4 is 27.5 Å². The highest BCUT2D eigenvalue weighted by Crippen LogP contribution is 2.32. The number of alkyl halides is 1. The van der Waals surface area contributed by atoms with E-state index >= 15 is 4.39 Å². The van der Waals surface area contributed by atoms with Crippen LogP contribution in [0.3, 0.4) is 0 Å². The van der Waals surface area contributed by atoms with Gasteiger partial charge < -0.3 is 10.0 Å². The lowest BCUT2D eigenvalue weighted by Gasteiger charge is -2.32. The number of likely N-dealkylation sites (tertiary alicyclic amines) is 1. The first-order valence-electron chi connectivity index (χ1n) is 10.6. The van der Waals surface area contributed by atoms with Gasteiger partial charge in [-0.1, -0.05) is 29.8 Å². The third kappa shape index (κ3) is 5.73. The van der Waals surface area contributed by atoms with Gasteiger partial charge in [0.15, 0.2) is 0 Å². The number of hydrogen-bond acceptors (Lipinski definition) is 4.